The maximum atomic E-state index is 12.1. The topological polar surface area (TPSA) is 59.3 Å². The fourth-order valence-corrected chi connectivity index (χ4v) is 4.74. The molecule has 1 aliphatic heterocycles. The molecule has 8 heteroatoms. The van der Waals surface area contributed by atoms with Crippen LogP contribution < -0.4 is 5.32 Å². The molecule has 26 heavy (non-hydrogen) atoms. The Kier molecular flexibility index (Phi) is 4.64. The van der Waals surface area contributed by atoms with E-state index in [1.807, 2.05) is 22.7 Å². The molecule has 1 amide bonds. The van der Waals surface area contributed by atoms with Gasteiger partial charge in [0.2, 0.25) is 4.96 Å². The van der Waals surface area contributed by atoms with Gasteiger partial charge in [-0.05, 0) is 19.4 Å². The molecule has 1 fully saturated rings. The lowest BCUT2D eigenvalue weighted by molar-refractivity contribution is -0.115. The van der Waals surface area contributed by atoms with Crippen molar-refractivity contribution in [1.29, 1.82) is 0 Å². The van der Waals surface area contributed by atoms with E-state index in [0.29, 0.717) is 9.23 Å². The Bertz CT molecular complexity index is 1050. The molecule has 1 aromatic carbocycles. The molecule has 1 aliphatic rings. The second kappa shape index (κ2) is 6.94. The predicted octanol–water partition coefficient (Wildman–Crippen LogP) is 4.21. The lowest BCUT2D eigenvalue weighted by Crippen LogP contribution is -2.17. The molecular weight excluding hydrogens is 384 g/mol. The van der Waals surface area contributed by atoms with Crippen LogP contribution >= 0.6 is 35.3 Å². The summed E-state index contributed by atoms with van der Waals surface area (Å²) in [5, 5.41) is 8.41. The number of imidazole rings is 1. The second-order valence-electron chi connectivity index (χ2n) is 6.00. The van der Waals surface area contributed by atoms with E-state index < -0.39 is 0 Å². The van der Waals surface area contributed by atoms with Gasteiger partial charge in [0, 0.05) is 12.0 Å². The quantitative estimate of drug-likeness (QED) is 0.525. The first-order valence-electron chi connectivity index (χ1n) is 8.25. The van der Waals surface area contributed by atoms with Crippen LogP contribution in [0.2, 0.25) is 0 Å². The van der Waals surface area contributed by atoms with Gasteiger partial charge in [-0.15, -0.1) is 0 Å². The van der Waals surface area contributed by atoms with Gasteiger partial charge in [0.1, 0.15) is 9.33 Å². The first-order chi connectivity index (χ1) is 12.5. The molecule has 132 valence electrons. The van der Waals surface area contributed by atoms with Crippen LogP contribution in [0, 0.1) is 6.92 Å². The lowest BCUT2D eigenvalue weighted by Gasteiger charge is -2.01. The fourth-order valence-electron chi connectivity index (χ4n) is 2.72. The molecule has 1 N–H and O–H groups in total. The number of amides is 1. The number of hydrogen-bond donors (Lipinski definition) is 1. The molecule has 0 spiro atoms. The van der Waals surface area contributed by atoms with E-state index in [1.54, 1.807) is 11.3 Å². The number of nitrogens with one attached hydrogen (secondary N) is 1. The highest BCUT2D eigenvalue weighted by atomic mass is 32.2. The minimum absolute atomic E-state index is 0.172. The molecule has 5 nitrogen and oxygen atoms in total. The van der Waals surface area contributed by atoms with E-state index in [0.717, 1.165) is 39.8 Å². The standard InChI is InChI=1S/C18H16N4OS3/c1-3-4-14-21-22-12(9-13-16(23)20-18(24)25-13)15(19-17(22)26-14)11-7-5-10(2)6-8-11/h5-9H,3-4H2,1-2H3,(H,20,23,24)/b13-9-. The molecule has 0 atom stereocenters. The summed E-state index contributed by atoms with van der Waals surface area (Å²) in [6.45, 7) is 4.18. The molecule has 0 unspecified atom stereocenters. The van der Waals surface area contributed by atoms with E-state index in [2.05, 4.69) is 31.3 Å². The number of aryl methyl sites for hydroxylation is 2. The summed E-state index contributed by atoms with van der Waals surface area (Å²) in [4.78, 5) is 18.3. The maximum absolute atomic E-state index is 12.1. The molecule has 0 saturated carbocycles. The SMILES string of the molecule is CCCc1nn2c(/C=C3\SC(=S)NC3=O)c(-c3ccc(C)cc3)nc2s1. The van der Waals surface area contributed by atoms with E-state index in [-0.39, 0.29) is 5.91 Å². The second-order valence-corrected chi connectivity index (χ2v) is 8.76. The molecule has 4 rings (SSSR count). The van der Waals surface area contributed by atoms with Crippen molar-refractivity contribution in [1.82, 2.24) is 19.9 Å². The summed E-state index contributed by atoms with van der Waals surface area (Å²) in [7, 11) is 0. The summed E-state index contributed by atoms with van der Waals surface area (Å²) in [5.41, 5.74) is 3.83. The highest BCUT2D eigenvalue weighted by molar-refractivity contribution is 8.26. The number of carbonyl (C=O) groups excluding carboxylic acids is 1. The number of hydrogen-bond acceptors (Lipinski definition) is 6. The van der Waals surface area contributed by atoms with Crippen LogP contribution in [0.15, 0.2) is 29.2 Å². The molecule has 0 aliphatic carbocycles. The van der Waals surface area contributed by atoms with Crippen molar-refractivity contribution in [2.75, 3.05) is 0 Å². The molecule has 0 bridgehead atoms. The van der Waals surface area contributed by atoms with Crippen LogP contribution in [0.5, 0.6) is 0 Å². The number of rotatable bonds is 4. The average Bonchev–Trinajstić information content (AvgIpc) is 3.23. The summed E-state index contributed by atoms with van der Waals surface area (Å²) >= 11 is 7.96. The molecular formula is C18H16N4OS3. The molecule has 3 aromatic rings. The smallest absolute Gasteiger partial charge is 0.263 e. The van der Waals surface area contributed by atoms with Gasteiger partial charge in [0.05, 0.1) is 16.3 Å². The van der Waals surface area contributed by atoms with Gasteiger partial charge in [0.15, 0.2) is 0 Å². The highest BCUT2D eigenvalue weighted by Crippen LogP contribution is 2.32. The summed E-state index contributed by atoms with van der Waals surface area (Å²) in [5.74, 6) is -0.172. The van der Waals surface area contributed by atoms with Gasteiger partial charge in [-0.1, -0.05) is 72.1 Å². The van der Waals surface area contributed by atoms with Gasteiger partial charge in [-0.25, -0.2) is 9.50 Å². The monoisotopic (exact) mass is 400 g/mol. The van der Waals surface area contributed by atoms with E-state index >= 15 is 0 Å². The number of thioether (sulfide) groups is 1. The summed E-state index contributed by atoms with van der Waals surface area (Å²) in [6, 6.07) is 8.20. The Morgan fingerprint density at radius 2 is 2.08 bits per heavy atom. The third-order valence-electron chi connectivity index (χ3n) is 3.98. The average molecular weight is 401 g/mol. The van der Waals surface area contributed by atoms with Crippen molar-refractivity contribution in [2.24, 2.45) is 0 Å². The van der Waals surface area contributed by atoms with Crippen LogP contribution in [0.1, 0.15) is 29.6 Å². The largest absolute Gasteiger partial charge is 0.307 e. The molecule has 1 saturated heterocycles. The van der Waals surface area contributed by atoms with Gasteiger partial charge in [0.25, 0.3) is 5.91 Å². The van der Waals surface area contributed by atoms with Gasteiger partial charge in [-0.2, -0.15) is 5.10 Å². The zero-order valence-corrected chi connectivity index (χ0v) is 16.7. The molecule has 0 radical (unpaired) electrons. The van der Waals surface area contributed by atoms with Crippen molar-refractivity contribution in [2.45, 2.75) is 26.7 Å². The number of nitrogens with zero attached hydrogens (tertiary/aromatic N) is 3. The van der Waals surface area contributed by atoms with Crippen LogP contribution in [-0.4, -0.2) is 24.8 Å². The zero-order chi connectivity index (χ0) is 18.3. The van der Waals surface area contributed by atoms with Gasteiger partial charge < -0.3 is 5.32 Å². The lowest BCUT2D eigenvalue weighted by atomic mass is 10.1. The van der Waals surface area contributed by atoms with Crippen molar-refractivity contribution >= 4 is 56.6 Å². The van der Waals surface area contributed by atoms with Gasteiger partial charge in [-0.3, -0.25) is 4.79 Å². The van der Waals surface area contributed by atoms with E-state index in [4.69, 9.17) is 22.3 Å². The van der Waals surface area contributed by atoms with Gasteiger partial charge >= 0.3 is 0 Å². The Balaban J connectivity index is 1.89. The van der Waals surface area contributed by atoms with Crippen molar-refractivity contribution < 1.29 is 4.79 Å². The number of aromatic nitrogens is 3. The number of thiocarbonyl (C=S) groups is 1. The third-order valence-corrected chi connectivity index (χ3v) is 6.11. The first kappa shape index (κ1) is 17.4. The Morgan fingerprint density at radius 3 is 2.73 bits per heavy atom. The van der Waals surface area contributed by atoms with Crippen molar-refractivity contribution in [3.05, 3.63) is 45.4 Å². The maximum Gasteiger partial charge on any atom is 0.263 e. The van der Waals surface area contributed by atoms with Crippen molar-refractivity contribution in [3.8, 4) is 11.3 Å². The van der Waals surface area contributed by atoms with E-state index in [1.165, 1.54) is 17.3 Å². The molecule has 2 aromatic heterocycles. The fraction of sp³-hybridized carbons (Fsp3) is 0.222. The minimum atomic E-state index is -0.172. The zero-order valence-electron chi connectivity index (χ0n) is 14.3. The van der Waals surface area contributed by atoms with E-state index in [9.17, 15) is 4.79 Å². The van der Waals surface area contributed by atoms with Crippen LogP contribution in [-0.2, 0) is 11.2 Å². The Labute approximate surface area is 164 Å². The minimum Gasteiger partial charge on any atom is -0.307 e. The first-order valence-corrected chi connectivity index (χ1v) is 10.3. The number of fused-ring (bicyclic) bond motifs is 1. The summed E-state index contributed by atoms with van der Waals surface area (Å²) in [6.07, 6.45) is 3.79. The summed E-state index contributed by atoms with van der Waals surface area (Å²) < 4.78 is 2.32. The normalized spacial score (nSPS) is 16.0. The molecule has 3 heterocycles. The Hall–Kier alpha value is -2.03. The number of carbonyl (C=O) groups is 1. The number of benzene rings is 1. The Morgan fingerprint density at radius 1 is 1.31 bits per heavy atom. The highest BCUT2D eigenvalue weighted by Gasteiger charge is 2.25. The third kappa shape index (κ3) is 3.20. The van der Waals surface area contributed by atoms with Crippen LogP contribution in [0.4, 0.5) is 0 Å². The van der Waals surface area contributed by atoms with Crippen LogP contribution in [0.3, 0.4) is 0 Å². The van der Waals surface area contributed by atoms with Crippen molar-refractivity contribution in [3.63, 3.8) is 0 Å². The van der Waals surface area contributed by atoms with Crippen LogP contribution in [0.25, 0.3) is 22.3 Å². The predicted molar refractivity (Wildman–Crippen MR) is 111 cm³/mol.